The maximum atomic E-state index is 10.4. The predicted molar refractivity (Wildman–Crippen MR) is 26.6 cm³/mol. The summed E-state index contributed by atoms with van der Waals surface area (Å²) < 4.78 is 0. The smallest absolute Gasteiger partial charge is 0.172 e. The van der Waals surface area contributed by atoms with Gasteiger partial charge in [-0.2, -0.15) is 0 Å². The Morgan fingerprint density at radius 2 is 2.14 bits per heavy atom. The van der Waals surface area contributed by atoms with Gasteiger partial charge >= 0.3 is 0 Å². The highest BCUT2D eigenvalue weighted by Gasteiger charge is 2.29. The lowest BCUT2D eigenvalue weighted by atomic mass is 9.79. The molecule has 37 valence electrons. The SMILES string of the molecule is CC1(C)C=[C]C1=O. The van der Waals surface area contributed by atoms with Crippen LogP contribution in [0.2, 0.25) is 0 Å². The van der Waals surface area contributed by atoms with Crippen LogP contribution in [0, 0.1) is 11.5 Å². The van der Waals surface area contributed by atoms with Gasteiger partial charge in [0.2, 0.25) is 0 Å². The summed E-state index contributed by atoms with van der Waals surface area (Å²) in [7, 11) is 0. The first-order valence-electron chi connectivity index (χ1n) is 2.28. The molecule has 0 atom stereocenters. The Morgan fingerprint density at radius 3 is 2.14 bits per heavy atom. The van der Waals surface area contributed by atoms with Crippen LogP contribution >= 0.6 is 0 Å². The Bertz CT molecular complexity index is 131. The molecule has 1 aliphatic rings. The summed E-state index contributed by atoms with van der Waals surface area (Å²) in [4.78, 5) is 10.4. The molecule has 0 aromatic carbocycles. The van der Waals surface area contributed by atoms with Crippen molar-refractivity contribution in [3.05, 3.63) is 12.2 Å². The Labute approximate surface area is 43.0 Å². The molecular weight excluding hydrogens is 88.1 g/mol. The normalized spacial score (nSPS) is 24.6. The van der Waals surface area contributed by atoms with Crippen LogP contribution in [0.4, 0.5) is 0 Å². The van der Waals surface area contributed by atoms with Crippen molar-refractivity contribution in [2.75, 3.05) is 0 Å². The molecular formula is C6H7O. The molecule has 1 radical (unpaired) electrons. The Kier molecular flexibility index (Phi) is 0.633. The lowest BCUT2D eigenvalue weighted by Crippen LogP contribution is -2.27. The zero-order valence-corrected chi connectivity index (χ0v) is 4.49. The average Bonchev–Trinajstić information content (AvgIpc) is 1.63. The number of allylic oxidation sites excluding steroid dienone is 2. The van der Waals surface area contributed by atoms with Crippen molar-refractivity contribution in [1.29, 1.82) is 0 Å². The largest absolute Gasteiger partial charge is 0.293 e. The molecule has 0 N–H and O–H groups in total. The molecule has 1 heteroatoms. The van der Waals surface area contributed by atoms with E-state index in [4.69, 9.17) is 0 Å². The van der Waals surface area contributed by atoms with Gasteiger partial charge in [0.05, 0.1) is 0 Å². The molecule has 0 fully saturated rings. The van der Waals surface area contributed by atoms with Gasteiger partial charge in [0.25, 0.3) is 0 Å². The maximum absolute atomic E-state index is 10.4. The van der Waals surface area contributed by atoms with E-state index in [0.29, 0.717) is 0 Å². The van der Waals surface area contributed by atoms with E-state index in [9.17, 15) is 4.79 Å². The van der Waals surface area contributed by atoms with E-state index in [1.165, 1.54) is 0 Å². The highest BCUT2D eigenvalue weighted by molar-refractivity contribution is 5.98. The van der Waals surface area contributed by atoms with Crippen molar-refractivity contribution in [3.8, 4) is 0 Å². The fraction of sp³-hybridized carbons (Fsp3) is 0.500. The van der Waals surface area contributed by atoms with Gasteiger partial charge in [0.1, 0.15) is 0 Å². The number of ketones is 1. The van der Waals surface area contributed by atoms with Gasteiger partial charge < -0.3 is 0 Å². The van der Waals surface area contributed by atoms with Crippen molar-refractivity contribution < 1.29 is 4.79 Å². The van der Waals surface area contributed by atoms with Crippen molar-refractivity contribution in [2.45, 2.75) is 13.8 Å². The minimum atomic E-state index is -0.194. The molecule has 0 heterocycles. The van der Waals surface area contributed by atoms with Gasteiger partial charge in [0, 0.05) is 11.5 Å². The van der Waals surface area contributed by atoms with Crippen molar-refractivity contribution in [1.82, 2.24) is 0 Å². The summed E-state index contributed by atoms with van der Waals surface area (Å²) in [6.45, 7) is 3.76. The minimum absolute atomic E-state index is 0.118. The molecule has 1 aliphatic carbocycles. The standard InChI is InChI=1S/C6H7O/c1-6(2)4-3-5(6)7/h4H,1-2H3. The first-order valence-corrected chi connectivity index (χ1v) is 2.28. The van der Waals surface area contributed by atoms with E-state index in [-0.39, 0.29) is 11.2 Å². The van der Waals surface area contributed by atoms with Crippen molar-refractivity contribution >= 4 is 5.78 Å². The molecule has 0 aromatic rings. The van der Waals surface area contributed by atoms with Crippen molar-refractivity contribution in [3.63, 3.8) is 0 Å². The fourth-order valence-electron chi connectivity index (χ4n) is 0.420. The molecule has 7 heavy (non-hydrogen) atoms. The van der Waals surface area contributed by atoms with Gasteiger partial charge in [-0.3, -0.25) is 4.79 Å². The van der Waals surface area contributed by atoms with Crippen LogP contribution in [0.25, 0.3) is 0 Å². The molecule has 1 rings (SSSR count). The van der Waals surface area contributed by atoms with Crippen LogP contribution in [-0.4, -0.2) is 5.78 Å². The second-order valence-electron chi connectivity index (χ2n) is 2.34. The summed E-state index contributed by atoms with van der Waals surface area (Å²) >= 11 is 0. The van der Waals surface area contributed by atoms with E-state index < -0.39 is 0 Å². The van der Waals surface area contributed by atoms with E-state index in [1.54, 1.807) is 6.08 Å². The van der Waals surface area contributed by atoms with E-state index >= 15 is 0 Å². The first-order chi connectivity index (χ1) is 3.13. The molecule has 0 aliphatic heterocycles. The number of hydrogen-bond acceptors (Lipinski definition) is 1. The third-order valence-corrected chi connectivity index (χ3v) is 1.15. The number of carbonyl (C=O) groups is 1. The molecule has 0 bridgehead atoms. The monoisotopic (exact) mass is 95.0 g/mol. The second kappa shape index (κ2) is 0.971. The Hall–Kier alpha value is -0.590. The number of rotatable bonds is 0. The van der Waals surface area contributed by atoms with Crippen LogP contribution in [-0.2, 0) is 4.79 Å². The van der Waals surface area contributed by atoms with Gasteiger partial charge in [-0.05, 0) is 13.8 Å². The lowest BCUT2D eigenvalue weighted by molar-refractivity contribution is -0.123. The quantitative estimate of drug-likeness (QED) is 0.438. The number of carbonyl (C=O) groups excluding carboxylic acids is 1. The highest BCUT2D eigenvalue weighted by Crippen LogP contribution is 2.25. The Balaban J connectivity index is 2.83. The zero-order chi connectivity index (χ0) is 5.49. The van der Waals surface area contributed by atoms with Gasteiger partial charge in [0.15, 0.2) is 5.78 Å². The summed E-state index contributed by atoms with van der Waals surface area (Å²) in [5, 5.41) is 0. The van der Waals surface area contributed by atoms with Crippen molar-refractivity contribution in [2.24, 2.45) is 5.41 Å². The van der Waals surface area contributed by atoms with Crippen LogP contribution in [0.1, 0.15) is 13.8 Å². The summed E-state index contributed by atoms with van der Waals surface area (Å²) in [5.41, 5.74) is -0.194. The molecule has 0 amide bonds. The number of hydrogen-bond donors (Lipinski definition) is 0. The molecule has 0 spiro atoms. The summed E-state index contributed by atoms with van der Waals surface area (Å²) in [6, 6.07) is 0. The topological polar surface area (TPSA) is 17.1 Å². The molecule has 0 aromatic heterocycles. The first kappa shape index (κ1) is 4.57. The maximum Gasteiger partial charge on any atom is 0.172 e. The molecule has 0 saturated carbocycles. The molecule has 1 nitrogen and oxygen atoms in total. The van der Waals surface area contributed by atoms with Crippen LogP contribution in [0.5, 0.6) is 0 Å². The third kappa shape index (κ3) is 0.483. The molecule has 0 saturated heterocycles. The summed E-state index contributed by atoms with van der Waals surface area (Å²) in [6.07, 6.45) is 4.32. The van der Waals surface area contributed by atoms with Crippen LogP contribution < -0.4 is 0 Å². The lowest BCUT2D eigenvalue weighted by Gasteiger charge is -2.22. The van der Waals surface area contributed by atoms with Crippen LogP contribution in [0.15, 0.2) is 6.08 Å². The third-order valence-electron chi connectivity index (χ3n) is 1.15. The zero-order valence-electron chi connectivity index (χ0n) is 4.49. The van der Waals surface area contributed by atoms with E-state index in [1.807, 2.05) is 13.8 Å². The number of Topliss-reactive ketones (excluding diaryl/α,β-unsaturated/α-hetero) is 1. The fourth-order valence-corrected chi connectivity index (χ4v) is 0.420. The van der Waals surface area contributed by atoms with Crippen LogP contribution in [0.3, 0.4) is 0 Å². The highest BCUT2D eigenvalue weighted by atomic mass is 16.1. The average molecular weight is 95.1 g/mol. The van der Waals surface area contributed by atoms with Gasteiger partial charge in [-0.15, -0.1) is 0 Å². The Morgan fingerprint density at radius 1 is 1.71 bits per heavy atom. The van der Waals surface area contributed by atoms with E-state index in [2.05, 4.69) is 6.08 Å². The van der Waals surface area contributed by atoms with Gasteiger partial charge in [-0.1, -0.05) is 6.08 Å². The summed E-state index contributed by atoms with van der Waals surface area (Å²) in [5.74, 6) is 0.118. The predicted octanol–water partition coefficient (Wildman–Crippen LogP) is 0.955. The minimum Gasteiger partial charge on any atom is -0.293 e. The van der Waals surface area contributed by atoms with Gasteiger partial charge in [-0.25, -0.2) is 0 Å². The second-order valence-corrected chi connectivity index (χ2v) is 2.34. The van der Waals surface area contributed by atoms with E-state index in [0.717, 1.165) is 0 Å². The molecule has 0 unspecified atom stereocenters.